The van der Waals surface area contributed by atoms with Crippen molar-refractivity contribution in [3.8, 4) is 0 Å². The van der Waals surface area contributed by atoms with Crippen LogP contribution in [0, 0.1) is 0 Å². The van der Waals surface area contributed by atoms with Crippen molar-refractivity contribution in [1.29, 1.82) is 0 Å². The zero-order chi connectivity index (χ0) is 15.3. The molecule has 0 radical (unpaired) electrons. The summed E-state index contributed by atoms with van der Waals surface area (Å²) in [5.74, 6) is 0.789. The Morgan fingerprint density at radius 2 is 2.00 bits per heavy atom. The summed E-state index contributed by atoms with van der Waals surface area (Å²) in [6.45, 7) is 6.47. The van der Waals surface area contributed by atoms with Gasteiger partial charge in [0.25, 0.3) is 0 Å². The number of para-hydroxylation sites is 1. The van der Waals surface area contributed by atoms with Gasteiger partial charge in [0.1, 0.15) is 4.34 Å². The number of anilines is 1. The zero-order valence-electron chi connectivity index (χ0n) is 12.6. The number of thiazole rings is 1. The minimum Gasteiger partial charge on any atom is -0.326 e. The largest absolute Gasteiger partial charge is 0.326 e. The number of aromatic nitrogens is 1. The first kappa shape index (κ1) is 16.0. The first-order chi connectivity index (χ1) is 9.95. The number of hydrogen-bond acceptors (Lipinski definition) is 4. The molecule has 0 fully saturated rings. The van der Waals surface area contributed by atoms with E-state index in [4.69, 9.17) is 0 Å². The van der Waals surface area contributed by atoms with Gasteiger partial charge in [-0.05, 0) is 12.1 Å². The average molecular weight is 320 g/mol. The predicted molar refractivity (Wildman–Crippen MR) is 91.2 cm³/mol. The summed E-state index contributed by atoms with van der Waals surface area (Å²) >= 11 is 3.30. The molecule has 1 N–H and O–H groups in total. The monoisotopic (exact) mass is 320 g/mol. The Labute approximate surface area is 134 Å². The Morgan fingerprint density at radius 1 is 1.29 bits per heavy atom. The van der Waals surface area contributed by atoms with E-state index in [9.17, 15) is 4.79 Å². The summed E-state index contributed by atoms with van der Waals surface area (Å²) in [5.41, 5.74) is 2.04. The van der Waals surface area contributed by atoms with Gasteiger partial charge < -0.3 is 5.32 Å². The lowest BCUT2D eigenvalue weighted by Crippen LogP contribution is -2.12. The molecule has 0 saturated heterocycles. The molecule has 1 aromatic heterocycles. The number of carbonyl (C=O) groups is 1. The number of nitrogens with one attached hydrogen (secondary N) is 1. The summed E-state index contributed by atoms with van der Waals surface area (Å²) < 4.78 is 1.03. The van der Waals surface area contributed by atoms with Crippen molar-refractivity contribution in [2.45, 2.75) is 36.9 Å². The Kier molecular flexibility index (Phi) is 5.42. The van der Waals surface area contributed by atoms with E-state index in [0.717, 1.165) is 21.5 Å². The minimum atomic E-state index is 0.0429. The van der Waals surface area contributed by atoms with Crippen molar-refractivity contribution in [1.82, 2.24) is 4.98 Å². The molecule has 0 aliphatic rings. The van der Waals surface area contributed by atoms with Crippen LogP contribution in [-0.2, 0) is 10.2 Å². The molecule has 0 bridgehead atoms. The number of hydrogen-bond donors (Lipinski definition) is 1. The van der Waals surface area contributed by atoms with E-state index in [1.54, 1.807) is 23.1 Å². The van der Waals surface area contributed by atoms with Gasteiger partial charge in [-0.2, -0.15) is 0 Å². The van der Waals surface area contributed by atoms with Crippen LogP contribution in [-0.4, -0.2) is 16.6 Å². The third kappa shape index (κ3) is 5.17. The van der Waals surface area contributed by atoms with Gasteiger partial charge in [-0.3, -0.25) is 4.79 Å². The Hall–Kier alpha value is -1.33. The lowest BCUT2D eigenvalue weighted by Gasteiger charge is -2.14. The molecule has 0 saturated carbocycles. The molecule has 1 heterocycles. The Balaban J connectivity index is 1.77. The van der Waals surface area contributed by atoms with Gasteiger partial charge in [-0.1, -0.05) is 50.7 Å². The molecule has 0 spiro atoms. The molecular formula is C16H20N2OS2. The Morgan fingerprint density at radius 3 is 2.62 bits per heavy atom. The highest BCUT2D eigenvalue weighted by atomic mass is 32.2. The molecule has 2 rings (SSSR count). The summed E-state index contributed by atoms with van der Waals surface area (Å²) in [6.07, 6.45) is 0.490. The molecule has 0 aliphatic carbocycles. The van der Waals surface area contributed by atoms with Crippen molar-refractivity contribution in [3.05, 3.63) is 41.4 Å². The molecule has 5 heteroatoms. The second-order valence-electron chi connectivity index (χ2n) is 5.76. The van der Waals surface area contributed by atoms with E-state index in [1.165, 1.54) is 0 Å². The summed E-state index contributed by atoms with van der Waals surface area (Å²) in [5, 5.41) is 4.99. The molecule has 1 aromatic carbocycles. The number of thioether (sulfide) groups is 1. The number of amides is 1. The molecule has 3 nitrogen and oxygen atoms in total. The third-order valence-electron chi connectivity index (χ3n) is 2.86. The van der Waals surface area contributed by atoms with Gasteiger partial charge >= 0.3 is 0 Å². The normalized spacial score (nSPS) is 11.4. The predicted octanol–water partition coefficient (Wildman–Crippen LogP) is 4.56. The van der Waals surface area contributed by atoms with Crippen LogP contribution < -0.4 is 5.32 Å². The molecule has 0 atom stereocenters. The Bertz CT molecular complexity index is 588. The maximum absolute atomic E-state index is 11.8. The van der Waals surface area contributed by atoms with Crippen molar-refractivity contribution in [2.24, 2.45) is 0 Å². The van der Waals surface area contributed by atoms with Crippen molar-refractivity contribution >= 4 is 34.7 Å². The maximum atomic E-state index is 11.8. The fourth-order valence-corrected chi connectivity index (χ4v) is 3.71. The number of rotatable bonds is 5. The quantitative estimate of drug-likeness (QED) is 0.821. The highest BCUT2D eigenvalue weighted by Gasteiger charge is 2.17. The lowest BCUT2D eigenvalue weighted by atomic mass is 9.93. The highest BCUT2D eigenvalue weighted by molar-refractivity contribution is 8.01. The average Bonchev–Trinajstić information content (AvgIpc) is 2.88. The number of carbonyl (C=O) groups excluding carboxylic acids is 1. The van der Waals surface area contributed by atoms with E-state index >= 15 is 0 Å². The highest BCUT2D eigenvalue weighted by Crippen LogP contribution is 2.29. The van der Waals surface area contributed by atoms with Gasteiger partial charge in [0, 0.05) is 28.7 Å². The van der Waals surface area contributed by atoms with E-state index in [2.05, 4.69) is 36.5 Å². The van der Waals surface area contributed by atoms with Crippen LogP contribution in [0.2, 0.25) is 0 Å². The van der Waals surface area contributed by atoms with Crippen molar-refractivity contribution in [3.63, 3.8) is 0 Å². The van der Waals surface area contributed by atoms with Crippen LogP contribution in [0.3, 0.4) is 0 Å². The van der Waals surface area contributed by atoms with Crippen LogP contribution in [0.25, 0.3) is 0 Å². The molecule has 0 aliphatic heterocycles. The van der Waals surface area contributed by atoms with Crippen LogP contribution in [0.4, 0.5) is 5.69 Å². The molecule has 21 heavy (non-hydrogen) atoms. The van der Waals surface area contributed by atoms with Gasteiger partial charge in [-0.15, -0.1) is 11.3 Å². The minimum absolute atomic E-state index is 0.0429. The first-order valence-corrected chi connectivity index (χ1v) is 8.75. The molecule has 0 unspecified atom stereocenters. The van der Waals surface area contributed by atoms with Crippen LogP contribution in [0.15, 0.2) is 40.1 Å². The second-order valence-corrected chi connectivity index (χ2v) is 7.96. The van der Waals surface area contributed by atoms with Gasteiger partial charge in [0.15, 0.2) is 0 Å². The van der Waals surface area contributed by atoms with Gasteiger partial charge in [0.2, 0.25) is 5.91 Å². The van der Waals surface area contributed by atoms with E-state index < -0.39 is 0 Å². The fourth-order valence-electron chi connectivity index (χ4n) is 1.64. The first-order valence-electron chi connectivity index (χ1n) is 6.89. The number of nitrogens with zero attached hydrogens (tertiary/aromatic N) is 1. The maximum Gasteiger partial charge on any atom is 0.225 e. The topological polar surface area (TPSA) is 42.0 Å². The summed E-state index contributed by atoms with van der Waals surface area (Å²) in [6, 6.07) is 9.53. The molecule has 1 amide bonds. The van der Waals surface area contributed by atoms with E-state index in [0.29, 0.717) is 6.42 Å². The summed E-state index contributed by atoms with van der Waals surface area (Å²) in [4.78, 5) is 16.4. The standard InChI is InChI=1S/C16H20N2OS2/c1-16(2,3)13-11-21-15(18-13)20-10-9-14(19)17-12-7-5-4-6-8-12/h4-8,11H,9-10H2,1-3H3,(H,17,19). The van der Waals surface area contributed by atoms with E-state index in [1.807, 2.05) is 30.3 Å². The zero-order valence-corrected chi connectivity index (χ0v) is 14.2. The van der Waals surface area contributed by atoms with Crippen LogP contribution in [0.1, 0.15) is 32.9 Å². The summed E-state index contributed by atoms with van der Waals surface area (Å²) in [7, 11) is 0. The molecule has 112 valence electrons. The van der Waals surface area contributed by atoms with Gasteiger partial charge in [-0.25, -0.2) is 4.98 Å². The smallest absolute Gasteiger partial charge is 0.225 e. The van der Waals surface area contributed by atoms with Crippen molar-refractivity contribution < 1.29 is 4.79 Å². The van der Waals surface area contributed by atoms with E-state index in [-0.39, 0.29) is 11.3 Å². The third-order valence-corrected chi connectivity index (χ3v) is 4.89. The van der Waals surface area contributed by atoms with Gasteiger partial charge in [0.05, 0.1) is 5.69 Å². The molecule has 2 aromatic rings. The number of benzene rings is 1. The lowest BCUT2D eigenvalue weighted by molar-refractivity contribution is -0.115. The van der Waals surface area contributed by atoms with Crippen LogP contribution in [0.5, 0.6) is 0 Å². The second kappa shape index (κ2) is 7.09. The molecular weight excluding hydrogens is 300 g/mol. The van der Waals surface area contributed by atoms with Crippen molar-refractivity contribution in [2.75, 3.05) is 11.1 Å². The SMILES string of the molecule is CC(C)(C)c1csc(SCCC(=O)Nc2ccccc2)n1. The van der Waals surface area contributed by atoms with Crippen LogP contribution >= 0.6 is 23.1 Å². The fraction of sp³-hybridized carbons (Fsp3) is 0.375.